The van der Waals surface area contributed by atoms with Gasteiger partial charge in [-0.15, -0.1) is 0 Å². The van der Waals surface area contributed by atoms with E-state index < -0.39 is 22.0 Å². The Labute approximate surface area is 260 Å². The fraction of sp³-hybridized carbons (Fsp3) is 0.485. The lowest BCUT2D eigenvalue weighted by molar-refractivity contribution is -0.890. The molecular formula is C33H45N4O6S+. The highest BCUT2D eigenvalue weighted by molar-refractivity contribution is 7.92. The van der Waals surface area contributed by atoms with Crippen LogP contribution in [0.5, 0.6) is 0 Å². The number of unbranched alkanes of at least 4 members (excludes halogenated alkanes) is 1. The van der Waals surface area contributed by atoms with Crippen LogP contribution in [-0.4, -0.2) is 55.2 Å². The van der Waals surface area contributed by atoms with Gasteiger partial charge >= 0.3 is 5.91 Å². The number of nitrogens with one attached hydrogen (secondary N) is 1. The number of sulfonamides is 1. The second-order valence-corrected chi connectivity index (χ2v) is 13.8. The molecule has 3 atom stereocenters. The number of nitrogens with zero attached hydrogens (tertiary/aromatic N) is 2. The maximum atomic E-state index is 14.1. The van der Waals surface area contributed by atoms with E-state index in [1.807, 2.05) is 45.0 Å². The lowest BCUT2D eigenvalue weighted by Crippen LogP contribution is -2.66. The Morgan fingerprint density at radius 2 is 1.82 bits per heavy atom. The predicted molar refractivity (Wildman–Crippen MR) is 169 cm³/mol. The van der Waals surface area contributed by atoms with Gasteiger partial charge in [0.15, 0.2) is 11.9 Å². The van der Waals surface area contributed by atoms with Crippen LogP contribution in [0.4, 0.5) is 5.82 Å². The minimum absolute atomic E-state index is 0.00942. The second kappa shape index (κ2) is 14.0. The Hall–Kier alpha value is -3.54. The van der Waals surface area contributed by atoms with Crippen LogP contribution in [0.2, 0.25) is 0 Å². The molecule has 1 saturated heterocycles. The number of hydrogen-bond acceptors (Lipinski definition) is 7. The van der Waals surface area contributed by atoms with Crippen LogP contribution in [-0.2, 0) is 30.9 Å². The van der Waals surface area contributed by atoms with E-state index in [0.717, 1.165) is 31.2 Å². The molecule has 0 radical (unpaired) electrons. The highest BCUT2D eigenvalue weighted by Crippen LogP contribution is 2.33. The van der Waals surface area contributed by atoms with Crippen molar-refractivity contribution in [2.45, 2.75) is 90.3 Å². The molecule has 238 valence electrons. The van der Waals surface area contributed by atoms with Crippen LogP contribution in [0.1, 0.15) is 69.8 Å². The predicted octanol–water partition coefficient (Wildman–Crippen LogP) is 5.48. The Morgan fingerprint density at radius 3 is 2.39 bits per heavy atom. The zero-order chi connectivity index (χ0) is 32.1. The van der Waals surface area contributed by atoms with Gasteiger partial charge in [0.1, 0.15) is 25.0 Å². The highest BCUT2D eigenvalue weighted by atomic mass is 32.2. The largest absolute Gasteiger partial charge is 0.372 e. The van der Waals surface area contributed by atoms with Crippen LogP contribution >= 0.6 is 0 Å². The number of nitrogens with two attached hydrogens (primary N) is 1. The first-order valence-corrected chi connectivity index (χ1v) is 16.8. The summed E-state index contributed by atoms with van der Waals surface area (Å²) in [5.74, 6) is 0.00797. The standard InChI is InChI=1S/C33H44N4O6S/c1-6-7-14-30(38)37(21-27-11-10-19-42-27,31(22(2)3)32(34)39)20-25-15-17-26(18-16-25)28-12-8-9-13-29(28)44(40,41)36-33-23(4)24(5)43-35-33/h8-9,12-13,15-18,22,27,31H,6-7,10-11,14,19-21H2,1-5H3,(H2-,34,35,36,39)/p+1/t27?,31-,37?/m0/s1. The van der Waals surface area contributed by atoms with Gasteiger partial charge in [0.2, 0.25) is 0 Å². The van der Waals surface area contributed by atoms with Crippen molar-refractivity contribution in [3.8, 4) is 11.1 Å². The van der Waals surface area contributed by atoms with Crippen molar-refractivity contribution < 1.29 is 31.7 Å². The minimum Gasteiger partial charge on any atom is -0.372 e. The molecule has 1 aromatic heterocycles. The Morgan fingerprint density at radius 1 is 1.11 bits per heavy atom. The molecule has 3 aromatic rings. The van der Waals surface area contributed by atoms with E-state index >= 15 is 0 Å². The number of amides is 2. The first-order chi connectivity index (χ1) is 20.9. The number of hydrogen-bond donors (Lipinski definition) is 2. The van der Waals surface area contributed by atoms with Gasteiger partial charge in [0, 0.05) is 29.2 Å². The van der Waals surface area contributed by atoms with Gasteiger partial charge in [-0.1, -0.05) is 74.8 Å². The summed E-state index contributed by atoms with van der Waals surface area (Å²) in [4.78, 5) is 27.2. The maximum absolute atomic E-state index is 14.1. The van der Waals surface area contributed by atoms with Gasteiger partial charge < -0.3 is 15.0 Å². The number of benzene rings is 2. The summed E-state index contributed by atoms with van der Waals surface area (Å²) in [6.07, 6.45) is 3.53. The molecule has 1 aliphatic heterocycles. The summed E-state index contributed by atoms with van der Waals surface area (Å²) in [7, 11) is -3.99. The van der Waals surface area contributed by atoms with E-state index in [9.17, 15) is 18.0 Å². The lowest BCUT2D eigenvalue weighted by Gasteiger charge is -2.44. The van der Waals surface area contributed by atoms with Crippen molar-refractivity contribution in [3.63, 3.8) is 0 Å². The molecular weight excluding hydrogens is 580 g/mol. The summed E-state index contributed by atoms with van der Waals surface area (Å²) >= 11 is 0. The molecule has 10 nitrogen and oxygen atoms in total. The Bertz CT molecular complexity index is 1560. The molecule has 2 unspecified atom stereocenters. The normalized spacial score (nSPS) is 17.4. The Balaban J connectivity index is 1.71. The molecule has 44 heavy (non-hydrogen) atoms. The summed E-state index contributed by atoms with van der Waals surface area (Å²) < 4.78 is 40.5. The number of ether oxygens (including phenoxy) is 1. The first kappa shape index (κ1) is 33.4. The molecule has 2 heterocycles. The summed E-state index contributed by atoms with van der Waals surface area (Å²) in [5, 5.41) is 3.85. The topological polar surface area (TPSA) is 142 Å². The van der Waals surface area contributed by atoms with Crippen molar-refractivity contribution in [1.82, 2.24) is 5.16 Å². The number of quaternary nitrogens is 1. The molecule has 1 fully saturated rings. The maximum Gasteiger partial charge on any atom is 0.314 e. The van der Waals surface area contributed by atoms with Gasteiger partial charge in [-0.05, 0) is 44.7 Å². The average molecular weight is 626 g/mol. The second-order valence-electron chi connectivity index (χ2n) is 12.1. The quantitative estimate of drug-likeness (QED) is 0.226. The fourth-order valence-electron chi connectivity index (χ4n) is 6.22. The zero-order valence-corrected chi connectivity index (χ0v) is 27.2. The SMILES string of the molecule is CCCCC(=O)[N+](Cc1ccc(-c2ccccc2S(=O)(=O)Nc2noc(C)c2C)cc1)(CC1CCCO1)[C@H](C(N)=O)C(C)C. The molecule has 2 amide bonds. The summed E-state index contributed by atoms with van der Waals surface area (Å²) in [5.41, 5.74) is 8.68. The third-order valence-corrected chi connectivity index (χ3v) is 9.94. The van der Waals surface area contributed by atoms with Crippen LogP contribution < -0.4 is 10.5 Å². The van der Waals surface area contributed by atoms with E-state index in [1.165, 1.54) is 0 Å². The number of carbonyl (C=O) groups is 2. The van der Waals surface area contributed by atoms with Crippen LogP contribution in [0.3, 0.4) is 0 Å². The van der Waals surface area contributed by atoms with Gasteiger partial charge in [0.05, 0.1) is 11.3 Å². The van der Waals surface area contributed by atoms with Crippen molar-refractivity contribution >= 4 is 27.7 Å². The zero-order valence-electron chi connectivity index (χ0n) is 26.3. The van der Waals surface area contributed by atoms with E-state index in [0.29, 0.717) is 42.0 Å². The monoisotopic (exact) mass is 625 g/mol. The molecule has 4 rings (SSSR count). The lowest BCUT2D eigenvalue weighted by atomic mass is 9.94. The molecule has 3 N–H and O–H groups in total. The number of aryl methyl sites for hydroxylation is 1. The van der Waals surface area contributed by atoms with Crippen LogP contribution in [0.25, 0.3) is 11.1 Å². The van der Waals surface area contributed by atoms with Crippen molar-refractivity contribution in [3.05, 3.63) is 65.4 Å². The molecule has 0 bridgehead atoms. The van der Waals surface area contributed by atoms with Gasteiger partial charge in [0.25, 0.3) is 15.9 Å². The van der Waals surface area contributed by atoms with Crippen LogP contribution in [0, 0.1) is 19.8 Å². The molecule has 1 aliphatic rings. The Kier molecular flexibility index (Phi) is 10.6. The molecule has 2 aromatic carbocycles. The molecule has 0 spiro atoms. The van der Waals surface area contributed by atoms with E-state index in [2.05, 4.69) is 9.88 Å². The number of aromatic nitrogens is 1. The van der Waals surface area contributed by atoms with Gasteiger partial charge in [-0.2, -0.15) is 0 Å². The van der Waals surface area contributed by atoms with E-state index in [-0.39, 0.29) is 39.7 Å². The first-order valence-electron chi connectivity index (χ1n) is 15.3. The van der Waals surface area contributed by atoms with E-state index in [1.54, 1.807) is 38.1 Å². The highest BCUT2D eigenvalue weighted by Gasteiger charge is 2.50. The van der Waals surface area contributed by atoms with Crippen LogP contribution in [0.15, 0.2) is 57.9 Å². The smallest absolute Gasteiger partial charge is 0.314 e. The summed E-state index contributed by atoms with van der Waals surface area (Å²) in [6, 6.07) is 13.5. The van der Waals surface area contributed by atoms with Gasteiger partial charge in [-0.3, -0.25) is 9.52 Å². The third-order valence-electron chi connectivity index (χ3n) is 8.54. The molecule has 11 heteroatoms. The number of primary amides is 1. The van der Waals surface area contributed by atoms with Crippen molar-refractivity contribution in [2.24, 2.45) is 11.7 Å². The number of anilines is 1. The summed E-state index contributed by atoms with van der Waals surface area (Å²) in [6.45, 7) is 10.6. The average Bonchev–Trinajstić information content (AvgIpc) is 3.61. The third kappa shape index (κ3) is 7.22. The number of rotatable bonds is 14. The van der Waals surface area contributed by atoms with Crippen molar-refractivity contribution in [1.29, 1.82) is 0 Å². The fourth-order valence-corrected chi connectivity index (χ4v) is 7.50. The minimum atomic E-state index is -3.99. The number of carbonyl (C=O) groups excluding carboxylic acids is 2. The molecule has 0 saturated carbocycles. The van der Waals surface area contributed by atoms with Crippen molar-refractivity contribution in [2.75, 3.05) is 17.9 Å². The molecule has 0 aliphatic carbocycles. The van der Waals surface area contributed by atoms with E-state index in [4.69, 9.17) is 15.0 Å². The van der Waals surface area contributed by atoms with Gasteiger partial charge in [-0.25, -0.2) is 17.7 Å².